The molecule has 1 aromatic carbocycles. The molecule has 1 fully saturated rings. The lowest BCUT2D eigenvalue weighted by molar-refractivity contribution is -0.828. The van der Waals surface area contributed by atoms with Crippen molar-refractivity contribution in [2.75, 3.05) is 32.7 Å². The number of hydrogen-bond donors (Lipinski definition) is 2. The molecule has 0 aliphatic carbocycles. The van der Waals surface area contributed by atoms with Gasteiger partial charge in [0.15, 0.2) is 0 Å². The first-order chi connectivity index (χ1) is 11.9. The number of benzene rings is 1. The predicted octanol–water partition coefficient (Wildman–Crippen LogP) is 2.20. The lowest BCUT2D eigenvalue weighted by Gasteiger charge is -2.47. The highest BCUT2D eigenvalue weighted by atomic mass is 16.6. The molecule has 2 amide bonds. The number of nitrogens with one attached hydrogen (secondary N) is 1. The minimum atomic E-state index is -1.46. The summed E-state index contributed by atoms with van der Waals surface area (Å²) in [6, 6.07) is 6.23. The standard InChI is InChI=1S/C18H27N3O4/c1-14(2)8-13-21(25,18(24)20-11-9-19-10-12-20)16(17(22)23)15-6-4-3-5-7-15/h3-7,14,16,19H,8-13H2,1-2H3,(H,22,23). The van der Waals surface area contributed by atoms with E-state index < -0.39 is 22.7 Å². The number of quaternary nitrogens is 1. The Morgan fingerprint density at radius 2 is 1.84 bits per heavy atom. The van der Waals surface area contributed by atoms with Gasteiger partial charge in [0.05, 0.1) is 6.54 Å². The number of urea groups is 1. The largest absolute Gasteiger partial charge is 0.623 e. The molecule has 0 aromatic heterocycles. The average Bonchev–Trinajstić information content (AvgIpc) is 2.61. The van der Waals surface area contributed by atoms with E-state index >= 15 is 0 Å². The Morgan fingerprint density at radius 1 is 1.24 bits per heavy atom. The smallest absolute Gasteiger partial charge is 0.420 e. The van der Waals surface area contributed by atoms with E-state index in [1.165, 1.54) is 4.90 Å². The fourth-order valence-electron chi connectivity index (χ4n) is 3.08. The van der Waals surface area contributed by atoms with Crippen molar-refractivity contribution in [1.29, 1.82) is 0 Å². The third-order valence-corrected chi connectivity index (χ3v) is 4.52. The van der Waals surface area contributed by atoms with Crippen LogP contribution in [0.5, 0.6) is 0 Å². The molecule has 2 unspecified atom stereocenters. The van der Waals surface area contributed by atoms with Crippen LogP contribution >= 0.6 is 0 Å². The van der Waals surface area contributed by atoms with Crippen molar-refractivity contribution in [3.8, 4) is 0 Å². The first-order valence-electron chi connectivity index (χ1n) is 8.73. The molecule has 1 saturated heterocycles. The molecular formula is C18H27N3O4. The zero-order valence-electron chi connectivity index (χ0n) is 14.9. The van der Waals surface area contributed by atoms with Gasteiger partial charge < -0.3 is 15.6 Å². The van der Waals surface area contributed by atoms with Crippen LogP contribution in [0.2, 0.25) is 0 Å². The molecule has 0 bridgehead atoms. The van der Waals surface area contributed by atoms with Crippen molar-refractivity contribution in [3.63, 3.8) is 0 Å². The average molecular weight is 349 g/mol. The van der Waals surface area contributed by atoms with Gasteiger partial charge in [0.1, 0.15) is 0 Å². The molecular weight excluding hydrogens is 322 g/mol. The van der Waals surface area contributed by atoms with Gasteiger partial charge in [-0.3, -0.25) is 9.55 Å². The number of rotatable bonds is 6. The summed E-state index contributed by atoms with van der Waals surface area (Å²) in [6.45, 7) is 5.92. The lowest BCUT2D eigenvalue weighted by atomic mass is 10.0. The van der Waals surface area contributed by atoms with Gasteiger partial charge in [-0.15, -0.1) is 0 Å². The quantitative estimate of drug-likeness (QED) is 0.607. The predicted molar refractivity (Wildman–Crippen MR) is 94.6 cm³/mol. The van der Waals surface area contributed by atoms with E-state index in [1.54, 1.807) is 30.3 Å². The van der Waals surface area contributed by atoms with Gasteiger partial charge in [-0.1, -0.05) is 44.2 Å². The third-order valence-electron chi connectivity index (χ3n) is 4.52. The summed E-state index contributed by atoms with van der Waals surface area (Å²) in [4.78, 5) is 26.5. The second kappa shape index (κ2) is 8.42. The van der Waals surface area contributed by atoms with Crippen LogP contribution in [0.15, 0.2) is 30.3 Å². The summed E-state index contributed by atoms with van der Waals surface area (Å²) >= 11 is 0. The van der Waals surface area contributed by atoms with Crippen molar-refractivity contribution in [2.45, 2.75) is 26.3 Å². The molecule has 0 saturated carbocycles. The molecule has 138 valence electrons. The Morgan fingerprint density at radius 3 is 2.36 bits per heavy atom. The summed E-state index contributed by atoms with van der Waals surface area (Å²) in [5, 5.41) is 26.6. The van der Waals surface area contributed by atoms with Crippen molar-refractivity contribution in [2.24, 2.45) is 5.92 Å². The molecule has 2 rings (SSSR count). The van der Waals surface area contributed by atoms with Crippen LogP contribution in [0.3, 0.4) is 0 Å². The van der Waals surface area contributed by atoms with Crippen LogP contribution in [0.25, 0.3) is 0 Å². The zero-order chi connectivity index (χ0) is 18.4. The topological polar surface area (TPSA) is 92.7 Å². The van der Waals surface area contributed by atoms with Crippen LogP contribution in [0.4, 0.5) is 4.79 Å². The van der Waals surface area contributed by atoms with Gasteiger partial charge in [0, 0.05) is 31.7 Å². The van der Waals surface area contributed by atoms with Crippen LogP contribution in [-0.4, -0.2) is 59.4 Å². The molecule has 1 aromatic rings. The zero-order valence-corrected chi connectivity index (χ0v) is 14.9. The molecule has 2 N–H and O–H groups in total. The number of hydroxylamine groups is 3. The highest BCUT2D eigenvalue weighted by Crippen LogP contribution is 2.31. The summed E-state index contributed by atoms with van der Waals surface area (Å²) in [5.74, 6) is -1.07. The van der Waals surface area contributed by atoms with Gasteiger partial charge in [-0.25, -0.2) is 9.59 Å². The monoisotopic (exact) mass is 349 g/mol. The maximum absolute atomic E-state index is 13.7. The van der Waals surface area contributed by atoms with Crippen LogP contribution in [-0.2, 0) is 4.79 Å². The van der Waals surface area contributed by atoms with E-state index in [9.17, 15) is 19.9 Å². The second-order valence-corrected chi connectivity index (χ2v) is 6.87. The summed E-state index contributed by atoms with van der Waals surface area (Å²) in [7, 11) is 0. The molecule has 2 atom stereocenters. The van der Waals surface area contributed by atoms with Crippen LogP contribution < -0.4 is 5.32 Å². The number of amides is 2. The highest BCUT2D eigenvalue weighted by molar-refractivity contribution is 5.78. The second-order valence-electron chi connectivity index (χ2n) is 6.87. The van der Waals surface area contributed by atoms with Gasteiger partial charge in [-0.05, 0) is 12.3 Å². The number of carboxylic acids is 1. The van der Waals surface area contributed by atoms with E-state index in [4.69, 9.17) is 0 Å². The summed E-state index contributed by atoms with van der Waals surface area (Å²) in [6.07, 6.45) is 0.484. The number of carboxylic acid groups (broad SMARTS) is 1. The summed E-state index contributed by atoms with van der Waals surface area (Å²) < 4.78 is -1.38. The Balaban J connectivity index is 2.40. The van der Waals surface area contributed by atoms with Crippen LogP contribution in [0, 0.1) is 11.1 Å². The third kappa shape index (κ3) is 4.56. The Hall–Kier alpha value is -1.96. The molecule has 0 radical (unpaired) electrons. The number of carbonyl (C=O) groups excluding carboxylic acids is 1. The molecule has 7 heteroatoms. The first kappa shape index (κ1) is 19.4. The first-order valence-corrected chi connectivity index (χ1v) is 8.73. The van der Waals surface area contributed by atoms with E-state index in [-0.39, 0.29) is 12.5 Å². The van der Waals surface area contributed by atoms with Gasteiger partial charge in [0.25, 0.3) is 0 Å². The Bertz CT molecular complexity index is 587. The van der Waals surface area contributed by atoms with E-state index in [1.807, 2.05) is 13.8 Å². The fourth-order valence-corrected chi connectivity index (χ4v) is 3.08. The maximum Gasteiger partial charge on any atom is 0.420 e. The highest BCUT2D eigenvalue weighted by Gasteiger charge is 2.45. The Labute approximate surface area is 148 Å². The van der Waals surface area contributed by atoms with Crippen molar-refractivity contribution >= 4 is 12.0 Å². The van der Waals surface area contributed by atoms with E-state index in [2.05, 4.69) is 5.32 Å². The molecule has 1 heterocycles. The SMILES string of the molecule is CC(C)CC[N+]([O-])(C(=O)N1CCNCC1)C(C(=O)O)c1ccccc1. The van der Waals surface area contributed by atoms with Crippen LogP contribution in [0.1, 0.15) is 31.9 Å². The van der Waals surface area contributed by atoms with E-state index in [0.717, 1.165) is 0 Å². The molecule has 1 aliphatic heterocycles. The number of carbonyl (C=O) groups is 2. The normalized spacial score (nSPS) is 18.6. The molecule has 0 spiro atoms. The fraction of sp³-hybridized carbons (Fsp3) is 0.556. The number of nitrogens with zero attached hydrogens (tertiary/aromatic N) is 2. The van der Waals surface area contributed by atoms with Crippen molar-refractivity contribution in [1.82, 2.24) is 10.2 Å². The molecule has 1 aliphatic rings. The minimum absolute atomic E-state index is 0.0493. The lowest BCUT2D eigenvalue weighted by Crippen LogP contribution is -2.61. The van der Waals surface area contributed by atoms with Gasteiger partial charge in [-0.2, -0.15) is 0 Å². The van der Waals surface area contributed by atoms with Crippen molar-refractivity contribution < 1.29 is 19.3 Å². The maximum atomic E-state index is 13.7. The summed E-state index contributed by atoms with van der Waals surface area (Å²) in [5.41, 5.74) is 0.359. The van der Waals surface area contributed by atoms with Gasteiger partial charge >= 0.3 is 12.0 Å². The van der Waals surface area contributed by atoms with Crippen molar-refractivity contribution in [3.05, 3.63) is 41.1 Å². The minimum Gasteiger partial charge on any atom is -0.623 e. The number of piperazine rings is 1. The van der Waals surface area contributed by atoms with Gasteiger partial charge in [0.2, 0.25) is 6.04 Å². The molecule has 25 heavy (non-hydrogen) atoms. The number of hydrogen-bond acceptors (Lipinski definition) is 4. The Kier molecular flexibility index (Phi) is 6.52. The van der Waals surface area contributed by atoms with E-state index in [0.29, 0.717) is 38.2 Å². The number of aliphatic carboxylic acids is 1. The molecule has 7 nitrogen and oxygen atoms in total.